The van der Waals surface area contributed by atoms with Crippen molar-refractivity contribution in [1.82, 2.24) is 10.6 Å². The standard InChI is InChI=1S/C20H32N2O3/c1-4-25-18(23)14-10-5-6-11-15-21-20(24)22-19(16(2)3)17-12-8-7-9-13-17/h7-9,12-13,16,19H,4-6,10-11,14-15H2,1-3H3,(H2,21,22,24). The molecule has 0 aliphatic carbocycles. The highest BCUT2D eigenvalue weighted by Crippen LogP contribution is 2.20. The molecule has 5 heteroatoms. The topological polar surface area (TPSA) is 67.4 Å². The second-order valence-electron chi connectivity index (χ2n) is 6.50. The van der Waals surface area contributed by atoms with Gasteiger partial charge < -0.3 is 15.4 Å². The van der Waals surface area contributed by atoms with Crippen molar-refractivity contribution < 1.29 is 14.3 Å². The van der Waals surface area contributed by atoms with Crippen molar-refractivity contribution in [2.45, 2.75) is 58.9 Å². The zero-order chi connectivity index (χ0) is 18.5. The Morgan fingerprint density at radius 3 is 2.36 bits per heavy atom. The van der Waals surface area contributed by atoms with Crippen LogP contribution in [0.1, 0.15) is 64.5 Å². The van der Waals surface area contributed by atoms with Crippen LogP contribution in [0.5, 0.6) is 0 Å². The minimum atomic E-state index is -0.130. The Bertz CT molecular complexity index is 503. The fraction of sp³-hybridized carbons (Fsp3) is 0.600. The van der Waals surface area contributed by atoms with E-state index >= 15 is 0 Å². The molecule has 5 nitrogen and oxygen atoms in total. The van der Waals surface area contributed by atoms with E-state index < -0.39 is 0 Å². The number of nitrogens with one attached hydrogen (secondary N) is 2. The Morgan fingerprint density at radius 2 is 1.72 bits per heavy atom. The summed E-state index contributed by atoms with van der Waals surface area (Å²) in [4.78, 5) is 23.3. The smallest absolute Gasteiger partial charge is 0.315 e. The van der Waals surface area contributed by atoms with E-state index in [4.69, 9.17) is 4.74 Å². The lowest BCUT2D eigenvalue weighted by Crippen LogP contribution is -2.40. The fourth-order valence-corrected chi connectivity index (χ4v) is 2.67. The fourth-order valence-electron chi connectivity index (χ4n) is 2.67. The zero-order valence-electron chi connectivity index (χ0n) is 15.7. The Kier molecular flexibility index (Phi) is 10.4. The van der Waals surface area contributed by atoms with E-state index in [9.17, 15) is 9.59 Å². The van der Waals surface area contributed by atoms with Gasteiger partial charge >= 0.3 is 12.0 Å². The molecule has 2 amide bonds. The molecule has 0 aliphatic rings. The summed E-state index contributed by atoms with van der Waals surface area (Å²) in [5.41, 5.74) is 1.12. The first-order chi connectivity index (χ1) is 12.0. The summed E-state index contributed by atoms with van der Waals surface area (Å²) >= 11 is 0. The van der Waals surface area contributed by atoms with Crippen molar-refractivity contribution in [2.75, 3.05) is 13.2 Å². The summed E-state index contributed by atoms with van der Waals surface area (Å²) in [7, 11) is 0. The van der Waals surface area contributed by atoms with Gasteiger partial charge in [0.25, 0.3) is 0 Å². The van der Waals surface area contributed by atoms with E-state index in [1.807, 2.05) is 37.3 Å². The monoisotopic (exact) mass is 348 g/mol. The van der Waals surface area contributed by atoms with Gasteiger partial charge in [-0.2, -0.15) is 0 Å². The van der Waals surface area contributed by atoms with Crippen LogP contribution in [-0.4, -0.2) is 25.2 Å². The zero-order valence-corrected chi connectivity index (χ0v) is 15.7. The van der Waals surface area contributed by atoms with E-state index in [-0.39, 0.29) is 18.0 Å². The summed E-state index contributed by atoms with van der Waals surface area (Å²) < 4.78 is 4.89. The third-order valence-corrected chi connectivity index (χ3v) is 4.01. The third kappa shape index (κ3) is 9.13. The highest BCUT2D eigenvalue weighted by molar-refractivity contribution is 5.74. The average Bonchev–Trinajstić information content (AvgIpc) is 2.59. The number of carbonyl (C=O) groups excluding carboxylic acids is 2. The molecular weight excluding hydrogens is 316 g/mol. The minimum Gasteiger partial charge on any atom is -0.466 e. The van der Waals surface area contributed by atoms with Crippen LogP contribution in [0.15, 0.2) is 30.3 Å². The lowest BCUT2D eigenvalue weighted by Gasteiger charge is -2.23. The summed E-state index contributed by atoms with van der Waals surface area (Å²) in [5.74, 6) is 0.191. The molecule has 1 unspecified atom stereocenters. The van der Waals surface area contributed by atoms with E-state index in [1.54, 1.807) is 0 Å². The molecule has 0 aliphatic heterocycles. The number of benzene rings is 1. The molecule has 0 fully saturated rings. The van der Waals surface area contributed by atoms with E-state index in [0.717, 1.165) is 31.2 Å². The molecule has 140 valence electrons. The maximum absolute atomic E-state index is 12.1. The van der Waals surface area contributed by atoms with Gasteiger partial charge in [0.1, 0.15) is 0 Å². The predicted molar refractivity (Wildman–Crippen MR) is 100 cm³/mol. The van der Waals surface area contributed by atoms with Gasteiger partial charge in [0, 0.05) is 13.0 Å². The molecule has 25 heavy (non-hydrogen) atoms. The van der Waals surface area contributed by atoms with Gasteiger partial charge in [-0.05, 0) is 31.2 Å². The number of amides is 2. The van der Waals surface area contributed by atoms with Crippen molar-refractivity contribution in [2.24, 2.45) is 5.92 Å². The first kappa shape index (κ1) is 21.0. The van der Waals surface area contributed by atoms with Gasteiger partial charge in [-0.1, -0.05) is 57.0 Å². The number of hydrogen-bond donors (Lipinski definition) is 2. The molecule has 0 aromatic heterocycles. The number of unbranched alkanes of at least 4 members (excludes halogenated alkanes) is 3. The first-order valence-electron chi connectivity index (χ1n) is 9.29. The van der Waals surface area contributed by atoms with E-state index in [0.29, 0.717) is 25.5 Å². The van der Waals surface area contributed by atoms with E-state index in [1.165, 1.54) is 0 Å². The molecule has 2 N–H and O–H groups in total. The van der Waals surface area contributed by atoms with Gasteiger partial charge in [-0.3, -0.25) is 4.79 Å². The molecule has 1 rings (SSSR count). The van der Waals surface area contributed by atoms with Crippen LogP contribution in [0, 0.1) is 5.92 Å². The molecular formula is C20H32N2O3. The van der Waals surface area contributed by atoms with Gasteiger partial charge in [0.05, 0.1) is 12.6 Å². The first-order valence-corrected chi connectivity index (χ1v) is 9.29. The predicted octanol–water partition coefficient (Wildman–Crippen LogP) is 4.20. The number of carbonyl (C=O) groups is 2. The average molecular weight is 348 g/mol. The lowest BCUT2D eigenvalue weighted by molar-refractivity contribution is -0.143. The van der Waals surface area contributed by atoms with Gasteiger partial charge in [0.2, 0.25) is 0 Å². The molecule has 0 saturated carbocycles. The highest BCUT2D eigenvalue weighted by Gasteiger charge is 2.17. The van der Waals surface area contributed by atoms with Crippen molar-refractivity contribution in [3.8, 4) is 0 Å². The van der Waals surface area contributed by atoms with Crippen molar-refractivity contribution in [1.29, 1.82) is 0 Å². The molecule has 0 saturated heterocycles. The molecule has 1 aromatic rings. The summed E-state index contributed by atoms with van der Waals surface area (Å²) in [6.45, 7) is 7.10. The van der Waals surface area contributed by atoms with Crippen LogP contribution < -0.4 is 10.6 Å². The summed E-state index contributed by atoms with van der Waals surface area (Å²) in [6.07, 6.45) is 4.20. The van der Waals surface area contributed by atoms with Crippen LogP contribution >= 0.6 is 0 Å². The van der Waals surface area contributed by atoms with Gasteiger partial charge in [0.15, 0.2) is 0 Å². The maximum atomic E-state index is 12.1. The third-order valence-electron chi connectivity index (χ3n) is 4.01. The minimum absolute atomic E-state index is 0.00535. The lowest BCUT2D eigenvalue weighted by atomic mass is 9.96. The number of esters is 1. The SMILES string of the molecule is CCOC(=O)CCCCCCNC(=O)NC(c1ccccc1)C(C)C. The van der Waals surface area contributed by atoms with Crippen LogP contribution in [0.2, 0.25) is 0 Å². The Labute approximate surface area is 151 Å². The maximum Gasteiger partial charge on any atom is 0.315 e. The summed E-state index contributed by atoms with van der Waals surface area (Å²) in [6, 6.07) is 9.90. The second-order valence-corrected chi connectivity index (χ2v) is 6.50. The number of hydrogen-bond acceptors (Lipinski definition) is 3. The van der Waals surface area contributed by atoms with Crippen molar-refractivity contribution in [3.63, 3.8) is 0 Å². The van der Waals surface area contributed by atoms with Crippen molar-refractivity contribution in [3.05, 3.63) is 35.9 Å². The molecule has 0 bridgehead atoms. The second kappa shape index (κ2) is 12.3. The molecule has 0 radical (unpaired) electrons. The molecule has 0 spiro atoms. The Balaban J connectivity index is 2.18. The van der Waals surface area contributed by atoms with Gasteiger partial charge in [-0.25, -0.2) is 4.79 Å². The van der Waals surface area contributed by atoms with E-state index in [2.05, 4.69) is 24.5 Å². The Morgan fingerprint density at radius 1 is 1.04 bits per heavy atom. The van der Waals surface area contributed by atoms with Crippen LogP contribution in [0.3, 0.4) is 0 Å². The normalized spacial score (nSPS) is 11.8. The number of rotatable bonds is 11. The largest absolute Gasteiger partial charge is 0.466 e. The van der Waals surface area contributed by atoms with Crippen LogP contribution in [-0.2, 0) is 9.53 Å². The summed E-state index contributed by atoms with van der Waals surface area (Å²) in [5, 5.41) is 5.97. The highest BCUT2D eigenvalue weighted by atomic mass is 16.5. The quantitative estimate of drug-likeness (QED) is 0.465. The van der Waals surface area contributed by atoms with Gasteiger partial charge in [-0.15, -0.1) is 0 Å². The van der Waals surface area contributed by atoms with Crippen LogP contribution in [0.4, 0.5) is 4.79 Å². The molecule has 1 aromatic carbocycles. The number of ether oxygens (including phenoxy) is 1. The Hall–Kier alpha value is -2.04. The van der Waals surface area contributed by atoms with Crippen molar-refractivity contribution >= 4 is 12.0 Å². The van der Waals surface area contributed by atoms with Crippen LogP contribution in [0.25, 0.3) is 0 Å². The molecule has 0 heterocycles. The number of urea groups is 1. The molecule has 1 atom stereocenters.